The zero-order valence-corrected chi connectivity index (χ0v) is 10.7. The normalized spacial score (nSPS) is 20.7. The summed E-state index contributed by atoms with van der Waals surface area (Å²) in [6.07, 6.45) is 1.71. The Balaban J connectivity index is 2.09. The molecule has 0 spiro atoms. The molecule has 2 heterocycles. The molecule has 0 bridgehead atoms. The van der Waals surface area contributed by atoms with Crippen LogP contribution in [0.2, 0.25) is 0 Å². The van der Waals surface area contributed by atoms with E-state index in [1.165, 1.54) is 0 Å². The van der Waals surface area contributed by atoms with E-state index >= 15 is 0 Å². The SMILES string of the molecule is CC(C)Oc1cc(N2CCN[C@@H](C)C2)ncn1. The molecule has 5 nitrogen and oxygen atoms in total. The maximum Gasteiger partial charge on any atom is 0.218 e. The summed E-state index contributed by atoms with van der Waals surface area (Å²) < 4.78 is 5.58. The molecular weight excluding hydrogens is 216 g/mol. The van der Waals surface area contributed by atoms with Gasteiger partial charge in [-0.15, -0.1) is 0 Å². The van der Waals surface area contributed by atoms with E-state index in [1.807, 2.05) is 19.9 Å². The summed E-state index contributed by atoms with van der Waals surface area (Å²) in [5, 5.41) is 3.41. The van der Waals surface area contributed by atoms with Gasteiger partial charge in [0, 0.05) is 31.7 Å². The van der Waals surface area contributed by atoms with E-state index in [4.69, 9.17) is 4.74 Å². The predicted octanol–water partition coefficient (Wildman–Crippen LogP) is 1.06. The third-order valence-electron chi connectivity index (χ3n) is 2.68. The lowest BCUT2D eigenvalue weighted by Gasteiger charge is -2.32. The second kappa shape index (κ2) is 5.31. The Morgan fingerprint density at radius 1 is 1.47 bits per heavy atom. The number of rotatable bonds is 3. The molecule has 0 saturated carbocycles. The molecule has 0 aromatic carbocycles. The van der Waals surface area contributed by atoms with E-state index < -0.39 is 0 Å². The van der Waals surface area contributed by atoms with Gasteiger partial charge >= 0.3 is 0 Å². The highest BCUT2D eigenvalue weighted by atomic mass is 16.5. The summed E-state index contributed by atoms with van der Waals surface area (Å²) in [7, 11) is 0. The Hall–Kier alpha value is -1.36. The molecule has 5 heteroatoms. The van der Waals surface area contributed by atoms with Crippen molar-refractivity contribution in [2.24, 2.45) is 0 Å². The van der Waals surface area contributed by atoms with Crippen molar-refractivity contribution in [3.8, 4) is 5.88 Å². The van der Waals surface area contributed by atoms with E-state index in [2.05, 4.69) is 27.1 Å². The molecule has 1 atom stereocenters. The topological polar surface area (TPSA) is 50.3 Å². The smallest absolute Gasteiger partial charge is 0.218 e. The van der Waals surface area contributed by atoms with Gasteiger partial charge in [-0.2, -0.15) is 0 Å². The molecule has 2 rings (SSSR count). The third-order valence-corrected chi connectivity index (χ3v) is 2.68. The van der Waals surface area contributed by atoms with E-state index in [9.17, 15) is 0 Å². The number of piperazine rings is 1. The molecular formula is C12H20N4O. The van der Waals surface area contributed by atoms with Crippen LogP contribution in [0.5, 0.6) is 5.88 Å². The second-order valence-electron chi connectivity index (χ2n) is 4.68. The average Bonchev–Trinajstić information content (AvgIpc) is 2.28. The summed E-state index contributed by atoms with van der Waals surface area (Å²) in [5.41, 5.74) is 0. The first kappa shape index (κ1) is 12.1. The molecule has 0 radical (unpaired) electrons. The van der Waals surface area contributed by atoms with Gasteiger partial charge in [-0.05, 0) is 20.8 Å². The monoisotopic (exact) mass is 236 g/mol. The number of hydrogen-bond donors (Lipinski definition) is 1. The van der Waals surface area contributed by atoms with Crippen LogP contribution in [0.15, 0.2) is 12.4 Å². The highest BCUT2D eigenvalue weighted by Crippen LogP contribution is 2.17. The number of nitrogens with zero attached hydrogens (tertiary/aromatic N) is 3. The van der Waals surface area contributed by atoms with Gasteiger partial charge in [0.15, 0.2) is 0 Å². The number of aromatic nitrogens is 2. The first-order valence-electron chi connectivity index (χ1n) is 6.12. The zero-order valence-electron chi connectivity index (χ0n) is 10.7. The summed E-state index contributed by atoms with van der Waals surface area (Å²) in [4.78, 5) is 10.7. The van der Waals surface area contributed by atoms with Crippen LogP contribution in [-0.4, -0.2) is 41.7 Å². The maximum atomic E-state index is 5.58. The van der Waals surface area contributed by atoms with Crippen LogP contribution in [0.25, 0.3) is 0 Å². The Kier molecular flexibility index (Phi) is 3.78. The number of ether oxygens (including phenoxy) is 1. The standard InChI is InChI=1S/C12H20N4O/c1-9(2)17-12-6-11(14-8-15-12)16-5-4-13-10(3)7-16/h6,8-10,13H,4-5,7H2,1-3H3/t10-/m0/s1. The highest BCUT2D eigenvalue weighted by molar-refractivity contribution is 5.41. The fraction of sp³-hybridized carbons (Fsp3) is 0.667. The van der Waals surface area contributed by atoms with E-state index in [1.54, 1.807) is 6.33 Å². The van der Waals surface area contributed by atoms with Crippen LogP contribution in [-0.2, 0) is 0 Å². The van der Waals surface area contributed by atoms with Gasteiger partial charge in [0.25, 0.3) is 0 Å². The maximum absolute atomic E-state index is 5.58. The molecule has 17 heavy (non-hydrogen) atoms. The lowest BCUT2D eigenvalue weighted by Crippen LogP contribution is -2.49. The molecule has 1 N–H and O–H groups in total. The molecule has 1 aromatic rings. The second-order valence-corrected chi connectivity index (χ2v) is 4.68. The van der Waals surface area contributed by atoms with Gasteiger partial charge in [-0.3, -0.25) is 0 Å². The van der Waals surface area contributed by atoms with Gasteiger partial charge in [0.2, 0.25) is 5.88 Å². The van der Waals surface area contributed by atoms with Crippen molar-refractivity contribution >= 4 is 5.82 Å². The van der Waals surface area contributed by atoms with Gasteiger partial charge < -0.3 is 15.0 Å². The van der Waals surface area contributed by atoms with Crippen LogP contribution in [0.4, 0.5) is 5.82 Å². The summed E-state index contributed by atoms with van der Waals surface area (Å²) >= 11 is 0. The van der Waals surface area contributed by atoms with Crippen LogP contribution in [0.3, 0.4) is 0 Å². The molecule has 1 saturated heterocycles. The van der Waals surface area contributed by atoms with Crippen LogP contribution in [0.1, 0.15) is 20.8 Å². The molecule has 1 aromatic heterocycles. The molecule has 1 aliphatic rings. The number of hydrogen-bond acceptors (Lipinski definition) is 5. The Morgan fingerprint density at radius 3 is 3.00 bits per heavy atom. The van der Waals surface area contributed by atoms with Crippen molar-refractivity contribution in [3.05, 3.63) is 12.4 Å². The van der Waals surface area contributed by atoms with Crippen LogP contribution >= 0.6 is 0 Å². The van der Waals surface area contributed by atoms with Crippen molar-refractivity contribution in [1.29, 1.82) is 0 Å². The lowest BCUT2D eigenvalue weighted by atomic mass is 10.2. The Morgan fingerprint density at radius 2 is 2.29 bits per heavy atom. The van der Waals surface area contributed by atoms with Crippen molar-refractivity contribution in [2.75, 3.05) is 24.5 Å². The highest BCUT2D eigenvalue weighted by Gasteiger charge is 2.17. The summed E-state index contributed by atoms with van der Waals surface area (Å²) in [6, 6.07) is 2.41. The molecule has 1 aliphatic heterocycles. The first-order valence-corrected chi connectivity index (χ1v) is 6.12. The summed E-state index contributed by atoms with van der Waals surface area (Å²) in [6.45, 7) is 9.11. The average molecular weight is 236 g/mol. The first-order chi connectivity index (χ1) is 8.15. The third kappa shape index (κ3) is 3.30. The van der Waals surface area contributed by atoms with Crippen molar-refractivity contribution in [3.63, 3.8) is 0 Å². The van der Waals surface area contributed by atoms with Gasteiger partial charge in [-0.25, -0.2) is 9.97 Å². The largest absolute Gasteiger partial charge is 0.475 e. The van der Waals surface area contributed by atoms with Gasteiger partial charge in [-0.1, -0.05) is 0 Å². The molecule has 94 valence electrons. The predicted molar refractivity (Wildman–Crippen MR) is 67.5 cm³/mol. The van der Waals surface area contributed by atoms with E-state index in [0.29, 0.717) is 11.9 Å². The van der Waals surface area contributed by atoms with Crippen molar-refractivity contribution in [2.45, 2.75) is 32.9 Å². The van der Waals surface area contributed by atoms with E-state index in [-0.39, 0.29) is 6.10 Å². The molecule has 0 aliphatic carbocycles. The summed E-state index contributed by atoms with van der Waals surface area (Å²) in [5.74, 6) is 1.60. The Labute approximate surface area is 102 Å². The van der Waals surface area contributed by atoms with Gasteiger partial charge in [0.1, 0.15) is 12.1 Å². The minimum Gasteiger partial charge on any atom is -0.475 e. The molecule has 1 fully saturated rings. The fourth-order valence-corrected chi connectivity index (χ4v) is 1.95. The zero-order chi connectivity index (χ0) is 12.3. The van der Waals surface area contributed by atoms with Crippen LogP contribution in [0, 0.1) is 0 Å². The minimum absolute atomic E-state index is 0.139. The van der Waals surface area contributed by atoms with Crippen molar-refractivity contribution < 1.29 is 4.74 Å². The van der Waals surface area contributed by atoms with Crippen molar-refractivity contribution in [1.82, 2.24) is 15.3 Å². The quantitative estimate of drug-likeness (QED) is 0.850. The number of anilines is 1. The fourth-order valence-electron chi connectivity index (χ4n) is 1.95. The minimum atomic E-state index is 0.139. The number of nitrogens with one attached hydrogen (secondary N) is 1. The van der Waals surface area contributed by atoms with Gasteiger partial charge in [0.05, 0.1) is 6.10 Å². The van der Waals surface area contributed by atoms with Crippen LogP contribution < -0.4 is 15.0 Å². The molecule has 0 unspecified atom stereocenters. The lowest BCUT2D eigenvalue weighted by molar-refractivity contribution is 0.232. The van der Waals surface area contributed by atoms with E-state index in [0.717, 1.165) is 25.5 Å². The molecule has 0 amide bonds. The Bertz CT molecular complexity index is 369.